The Morgan fingerprint density at radius 3 is 2.42 bits per heavy atom. The van der Waals surface area contributed by atoms with Gasteiger partial charge in [-0.05, 0) is 72.7 Å². The summed E-state index contributed by atoms with van der Waals surface area (Å²) in [6, 6.07) is 16.8. The van der Waals surface area contributed by atoms with Crippen molar-refractivity contribution in [2.24, 2.45) is 0 Å². The van der Waals surface area contributed by atoms with E-state index in [0.29, 0.717) is 34.7 Å². The normalized spacial score (nSPS) is 14.7. The van der Waals surface area contributed by atoms with E-state index in [9.17, 15) is 14.0 Å². The fourth-order valence-electron chi connectivity index (χ4n) is 3.45. The van der Waals surface area contributed by atoms with Crippen LogP contribution in [0.1, 0.15) is 18.1 Å². The van der Waals surface area contributed by atoms with Crippen LogP contribution in [-0.2, 0) is 16.2 Å². The molecule has 0 aliphatic carbocycles. The molecule has 3 aromatic carbocycles. The van der Waals surface area contributed by atoms with Crippen LogP contribution in [0, 0.1) is 5.82 Å². The zero-order chi connectivity index (χ0) is 25.8. The van der Waals surface area contributed by atoms with Gasteiger partial charge in [0.25, 0.3) is 11.8 Å². The fourth-order valence-corrected chi connectivity index (χ4v) is 4.42. The van der Waals surface area contributed by atoms with Gasteiger partial charge in [0.2, 0.25) is 0 Å². The molecule has 0 bridgehead atoms. The molecule has 2 amide bonds. The summed E-state index contributed by atoms with van der Waals surface area (Å²) in [5.74, 6) is -1.14. The smallest absolute Gasteiger partial charge is 0.270 e. The van der Waals surface area contributed by atoms with Gasteiger partial charge in [0.05, 0.1) is 12.3 Å². The Morgan fingerprint density at radius 2 is 1.72 bits per heavy atom. The molecule has 1 aliphatic heterocycles. The predicted molar refractivity (Wildman–Crippen MR) is 146 cm³/mol. The first-order valence-electron chi connectivity index (χ1n) is 10.8. The maximum atomic E-state index is 14.4. The van der Waals surface area contributed by atoms with Gasteiger partial charge in [-0.1, -0.05) is 56.1 Å². The maximum absolute atomic E-state index is 14.4. The van der Waals surface area contributed by atoms with Crippen LogP contribution < -0.4 is 19.7 Å². The lowest BCUT2D eigenvalue weighted by Gasteiger charge is -2.29. The zero-order valence-corrected chi connectivity index (χ0v) is 22.9. The Kier molecular flexibility index (Phi) is 8.17. The minimum absolute atomic E-state index is 0.0517. The number of rotatable bonds is 7. The van der Waals surface area contributed by atoms with Crippen LogP contribution in [0.15, 0.2) is 75.2 Å². The van der Waals surface area contributed by atoms with Gasteiger partial charge in [0.1, 0.15) is 18.0 Å². The summed E-state index contributed by atoms with van der Waals surface area (Å²) in [5.41, 5.74) is 1.20. The number of carbonyl (C=O) groups is 2. The summed E-state index contributed by atoms with van der Waals surface area (Å²) in [5, 5.41) is 2.26. The van der Waals surface area contributed by atoms with E-state index in [0.717, 1.165) is 14.9 Å². The lowest BCUT2D eigenvalue weighted by atomic mass is 10.1. The molecule has 1 aliphatic rings. The van der Waals surface area contributed by atoms with E-state index in [1.54, 1.807) is 18.2 Å². The Hall–Kier alpha value is -3.08. The number of benzene rings is 3. The average Bonchev–Trinajstić information content (AvgIpc) is 2.84. The molecule has 0 unspecified atom stereocenters. The van der Waals surface area contributed by atoms with Crippen molar-refractivity contribution in [1.29, 1.82) is 0 Å². The summed E-state index contributed by atoms with van der Waals surface area (Å²) in [6.07, 6.45) is 1.40. The molecule has 1 heterocycles. The van der Waals surface area contributed by atoms with Crippen molar-refractivity contribution in [3.8, 4) is 11.5 Å². The molecule has 6 nitrogen and oxygen atoms in total. The molecule has 4 rings (SSSR count). The van der Waals surface area contributed by atoms with Crippen molar-refractivity contribution in [2.45, 2.75) is 13.5 Å². The molecular weight excluding hydrogens is 615 g/mol. The molecule has 0 aromatic heterocycles. The highest BCUT2D eigenvalue weighted by Gasteiger charge is 2.35. The number of halogens is 3. The number of nitrogens with zero attached hydrogens (tertiary/aromatic N) is 1. The molecule has 10 heteroatoms. The van der Waals surface area contributed by atoms with Gasteiger partial charge in [-0.3, -0.25) is 14.9 Å². The number of ether oxygens (including phenoxy) is 2. The van der Waals surface area contributed by atoms with Gasteiger partial charge in [-0.25, -0.2) is 9.29 Å². The van der Waals surface area contributed by atoms with E-state index in [1.807, 2.05) is 31.2 Å². The van der Waals surface area contributed by atoms with Crippen molar-refractivity contribution in [3.05, 3.63) is 92.1 Å². The first kappa shape index (κ1) is 26.0. The zero-order valence-electron chi connectivity index (χ0n) is 18.9. The van der Waals surface area contributed by atoms with Gasteiger partial charge in [-0.2, -0.15) is 0 Å². The number of para-hydroxylation sites is 1. The second-order valence-corrected chi connectivity index (χ2v) is 9.73. The van der Waals surface area contributed by atoms with Crippen LogP contribution in [0.3, 0.4) is 0 Å². The van der Waals surface area contributed by atoms with Gasteiger partial charge in [-0.15, -0.1) is 0 Å². The first-order valence-corrected chi connectivity index (χ1v) is 12.8. The fraction of sp³-hybridized carbons (Fsp3) is 0.115. The number of anilines is 1. The van der Waals surface area contributed by atoms with Crippen LogP contribution >= 0.6 is 44.1 Å². The molecule has 1 N–H and O–H groups in total. The molecule has 184 valence electrons. The molecule has 0 radical (unpaired) electrons. The third-order valence-corrected chi connectivity index (χ3v) is 6.67. The van der Waals surface area contributed by atoms with Crippen LogP contribution in [-0.4, -0.2) is 23.5 Å². The second kappa shape index (κ2) is 11.3. The molecular formula is C26H19Br2FN2O4S. The highest BCUT2D eigenvalue weighted by atomic mass is 79.9. The highest BCUT2D eigenvalue weighted by molar-refractivity contribution is 9.10. The number of hydrogen-bond acceptors (Lipinski definition) is 5. The van der Waals surface area contributed by atoms with Crippen LogP contribution in [0.25, 0.3) is 6.08 Å². The Labute approximate surface area is 229 Å². The third-order valence-electron chi connectivity index (χ3n) is 5.17. The van der Waals surface area contributed by atoms with E-state index >= 15 is 0 Å². The topological polar surface area (TPSA) is 67.9 Å². The van der Waals surface area contributed by atoms with E-state index in [-0.39, 0.29) is 16.4 Å². The summed E-state index contributed by atoms with van der Waals surface area (Å²) in [7, 11) is 0. The van der Waals surface area contributed by atoms with E-state index in [2.05, 4.69) is 37.2 Å². The third kappa shape index (κ3) is 5.66. The Morgan fingerprint density at radius 1 is 1.03 bits per heavy atom. The monoisotopic (exact) mass is 632 g/mol. The molecule has 3 aromatic rings. The number of hydrogen-bond donors (Lipinski definition) is 1. The summed E-state index contributed by atoms with van der Waals surface area (Å²) in [6.45, 7) is 2.53. The summed E-state index contributed by atoms with van der Waals surface area (Å²) in [4.78, 5) is 26.9. The van der Waals surface area contributed by atoms with Crippen LogP contribution in [0.2, 0.25) is 0 Å². The molecule has 36 heavy (non-hydrogen) atoms. The van der Waals surface area contributed by atoms with E-state index < -0.39 is 17.6 Å². The molecule has 0 spiro atoms. The summed E-state index contributed by atoms with van der Waals surface area (Å²) < 4.78 is 27.7. The van der Waals surface area contributed by atoms with Crippen molar-refractivity contribution in [1.82, 2.24) is 5.32 Å². The number of amides is 2. The lowest BCUT2D eigenvalue weighted by Crippen LogP contribution is -2.54. The largest absolute Gasteiger partial charge is 0.490 e. The standard InChI is InChI=1S/C26H19Br2FN2O4S/c1-2-34-22-12-16(19(28)13-23(22)35-14-15-7-9-17(27)10-8-15)11-18-24(32)30-26(36)31(25(18)33)21-6-4-3-5-20(21)29/h3-13H,2,14H2,1H3,(H,30,32,36)/b18-11+. The van der Waals surface area contributed by atoms with Crippen molar-refractivity contribution in [3.63, 3.8) is 0 Å². The first-order chi connectivity index (χ1) is 17.3. The number of thiocarbonyl (C=S) groups is 1. The molecule has 0 saturated carbocycles. The van der Waals surface area contributed by atoms with Gasteiger partial charge in [0.15, 0.2) is 16.6 Å². The predicted octanol–water partition coefficient (Wildman–Crippen LogP) is 6.16. The molecule has 0 atom stereocenters. The number of nitrogens with one attached hydrogen (secondary N) is 1. The van der Waals surface area contributed by atoms with E-state index in [1.165, 1.54) is 24.3 Å². The Bertz CT molecular complexity index is 1380. The van der Waals surface area contributed by atoms with Crippen LogP contribution in [0.5, 0.6) is 11.5 Å². The minimum atomic E-state index is -0.741. The van der Waals surface area contributed by atoms with Crippen molar-refractivity contribution in [2.75, 3.05) is 11.5 Å². The van der Waals surface area contributed by atoms with Crippen molar-refractivity contribution < 1.29 is 23.5 Å². The van der Waals surface area contributed by atoms with Gasteiger partial charge < -0.3 is 9.47 Å². The average molecular weight is 634 g/mol. The highest BCUT2D eigenvalue weighted by Crippen LogP contribution is 2.36. The van der Waals surface area contributed by atoms with Gasteiger partial charge >= 0.3 is 0 Å². The number of carbonyl (C=O) groups excluding carboxylic acids is 2. The molecule has 1 fully saturated rings. The van der Waals surface area contributed by atoms with E-state index in [4.69, 9.17) is 21.7 Å². The summed E-state index contributed by atoms with van der Waals surface area (Å²) >= 11 is 12.0. The second-order valence-electron chi connectivity index (χ2n) is 7.58. The van der Waals surface area contributed by atoms with Crippen LogP contribution in [0.4, 0.5) is 10.1 Å². The maximum Gasteiger partial charge on any atom is 0.270 e. The SMILES string of the molecule is CCOc1cc(/C=C2\C(=O)NC(=S)N(c3ccccc3F)C2=O)c(Br)cc1OCc1ccc(Br)cc1. The minimum Gasteiger partial charge on any atom is -0.490 e. The molecule has 1 saturated heterocycles. The quantitative estimate of drug-likeness (QED) is 0.192. The van der Waals surface area contributed by atoms with Crippen molar-refractivity contribution >= 4 is 72.8 Å². The van der Waals surface area contributed by atoms with Gasteiger partial charge in [0, 0.05) is 8.95 Å². The lowest BCUT2D eigenvalue weighted by molar-refractivity contribution is -0.122. The Balaban J connectivity index is 1.67.